The Morgan fingerprint density at radius 2 is 1.54 bits per heavy atom. The molecule has 4 bridgehead atoms. The van der Waals surface area contributed by atoms with E-state index < -0.39 is 0 Å². The molecule has 6 rings (SSSR count). The van der Waals surface area contributed by atoms with E-state index in [2.05, 4.69) is 63.4 Å². The second kappa shape index (κ2) is 9.85. The largest absolute Gasteiger partial charge is 0.426 e. The SMILES string of the molecule is C=C/C=C(\C=C)[S+](c1ccccc1)c1cc(C)c(OC(=O)CC23CC4CC(CC(C4)C2)C3)c(C)c1. The van der Waals surface area contributed by atoms with E-state index in [4.69, 9.17) is 4.74 Å². The van der Waals surface area contributed by atoms with Gasteiger partial charge in [0, 0.05) is 12.1 Å². The van der Waals surface area contributed by atoms with Crippen LogP contribution in [0.25, 0.3) is 0 Å². The molecule has 0 radical (unpaired) electrons. The molecule has 3 heteroatoms. The first-order chi connectivity index (χ1) is 16.9. The zero-order chi connectivity index (χ0) is 24.6. The van der Waals surface area contributed by atoms with E-state index in [0.29, 0.717) is 6.42 Å². The summed E-state index contributed by atoms with van der Waals surface area (Å²) in [5.74, 6) is 3.21. The molecule has 0 aromatic heterocycles. The molecule has 2 nitrogen and oxygen atoms in total. The standard InChI is InChI=1S/C32H37O2S/c1-5-10-27(6-2)35(28-11-8-7-9-12-28)29-13-22(3)31(23(4)14-29)34-30(33)21-32-18-24-15-25(19-32)17-26(16-24)20-32/h5-14,24-26H,1-2,15-21H2,3-4H3/q+1/b27-10+. The fourth-order valence-electron chi connectivity index (χ4n) is 7.45. The molecule has 4 aliphatic rings. The van der Waals surface area contributed by atoms with Gasteiger partial charge in [0.15, 0.2) is 14.7 Å². The van der Waals surface area contributed by atoms with Crippen molar-refractivity contribution in [1.82, 2.24) is 0 Å². The first-order valence-corrected chi connectivity index (χ1v) is 14.2. The Kier molecular flexibility index (Phi) is 6.81. The van der Waals surface area contributed by atoms with E-state index in [1.54, 1.807) is 0 Å². The maximum atomic E-state index is 13.2. The third-order valence-corrected chi connectivity index (χ3v) is 10.5. The zero-order valence-corrected chi connectivity index (χ0v) is 21.9. The van der Waals surface area contributed by atoms with Crippen LogP contribution in [0.5, 0.6) is 5.75 Å². The van der Waals surface area contributed by atoms with Crippen molar-refractivity contribution in [2.24, 2.45) is 23.2 Å². The molecule has 0 spiro atoms. The van der Waals surface area contributed by atoms with Crippen LogP contribution >= 0.6 is 0 Å². The van der Waals surface area contributed by atoms with E-state index in [9.17, 15) is 4.79 Å². The Bertz CT molecular complexity index is 1100. The van der Waals surface area contributed by atoms with Gasteiger partial charge in [-0.1, -0.05) is 37.4 Å². The average molecular weight is 486 g/mol. The van der Waals surface area contributed by atoms with Crippen LogP contribution in [-0.2, 0) is 15.7 Å². The molecule has 4 fully saturated rings. The number of allylic oxidation sites excluding steroid dienone is 3. The molecule has 0 aliphatic heterocycles. The molecule has 0 N–H and O–H groups in total. The van der Waals surface area contributed by atoms with Crippen LogP contribution in [-0.4, -0.2) is 5.97 Å². The number of ether oxygens (including phenoxy) is 1. The first kappa shape index (κ1) is 24.2. The number of benzene rings is 2. The van der Waals surface area contributed by atoms with Crippen molar-refractivity contribution in [2.75, 3.05) is 0 Å². The van der Waals surface area contributed by atoms with Crippen molar-refractivity contribution in [2.45, 2.75) is 68.6 Å². The molecule has 4 saturated carbocycles. The minimum Gasteiger partial charge on any atom is -0.426 e. The lowest BCUT2D eigenvalue weighted by atomic mass is 9.49. The van der Waals surface area contributed by atoms with Crippen molar-refractivity contribution < 1.29 is 9.53 Å². The quantitative estimate of drug-likeness (QED) is 0.163. The second-order valence-electron chi connectivity index (χ2n) is 11.1. The van der Waals surface area contributed by atoms with Crippen LogP contribution in [0.3, 0.4) is 0 Å². The number of hydrogen-bond donors (Lipinski definition) is 0. The van der Waals surface area contributed by atoms with Gasteiger partial charge in [0.25, 0.3) is 0 Å². The molecular weight excluding hydrogens is 448 g/mol. The van der Waals surface area contributed by atoms with Gasteiger partial charge in [-0.3, -0.25) is 4.79 Å². The molecule has 2 aromatic carbocycles. The predicted molar refractivity (Wildman–Crippen MR) is 146 cm³/mol. The Morgan fingerprint density at radius 1 is 0.971 bits per heavy atom. The van der Waals surface area contributed by atoms with Gasteiger partial charge >= 0.3 is 5.97 Å². The number of carbonyl (C=O) groups excluding carboxylic acids is 1. The first-order valence-electron chi connectivity index (χ1n) is 13.0. The second-order valence-corrected chi connectivity index (χ2v) is 13.1. The Balaban J connectivity index is 1.39. The number of carbonyl (C=O) groups is 1. The smallest absolute Gasteiger partial charge is 0.311 e. The summed E-state index contributed by atoms with van der Waals surface area (Å²) in [4.78, 5) is 16.8. The minimum absolute atomic E-state index is 0.0497. The lowest BCUT2D eigenvalue weighted by Gasteiger charge is -2.56. The van der Waals surface area contributed by atoms with Crippen molar-refractivity contribution in [3.63, 3.8) is 0 Å². The highest BCUT2D eigenvalue weighted by Gasteiger charge is 2.51. The van der Waals surface area contributed by atoms with E-state index in [0.717, 1.165) is 39.5 Å². The van der Waals surface area contributed by atoms with Crippen molar-refractivity contribution in [1.29, 1.82) is 0 Å². The Morgan fingerprint density at radius 3 is 2.06 bits per heavy atom. The summed E-state index contributed by atoms with van der Waals surface area (Å²) < 4.78 is 6.10. The summed E-state index contributed by atoms with van der Waals surface area (Å²) in [6, 6.07) is 14.9. The topological polar surface area (TPSA) is 26.3 Å². The highest BCUT2D eigenvalue weighted by Crippen LogP contribution is 2.61. The normalized spacial score (nSPS) is 27.9. The van der Waals surface area contributed by atoms with Crippen LogP contribution in [0, 0.1) is 37.0 Å². The monoisotopic (exact) mass is 485 g/mol. The summed E-state index contributed by atoms with van der Waals surface area (Å²) in [6.07, 6.45) is 14.2. The third kappa shape index (κ3) is 4.93. The number of esters is 1. The summed E-state index contributed by atoms with van der Waals surface area (Å²) in [5.41, 5.74) is 2.21. The van der Waals surface area contributed by atoms with Gasteiger partial charge in [-0.15, -0.1) is 0 Å². The summed E-state index contributed by atoms with van der Waals surface area (Å²) >= 11 is 0. The predicted octanol–water partition coefficient (Wildman–Crippen LogP) is 8.11. The molecule has 1 unspecified atom stereocenters. The van der Waals surface area contributed by atoms with Crippen LogP contribution in [0.15, 0.2) is 88.5 Å². The Hall–Kier alpha value is -2.52. The molecule has 4 aliphatic carbocycles. The maximum absolute atomic E-state index is 13.2. The number of rotatable bonds is 8. The van der Waals surface area contributed by atoms with Gasteiger partial charge in [0.1, 0.15) is 5.75 Å². The highest BCUT2D eigenvalue weighted by atomic mass is 32.2. The third-order valence-electron chi connectivity index (χ3n) is 8.27. The maximum Gasteiger partial charge on any atom is 0.311 e. The van der Waals surface area contributed by atoms with Gasteiger partial charge in [0.05, 0.1) is 17.3 Å². The summed E-state index contributed by atoms with van der Waals surface area (Å²) in [7, 11) is -0.309. The molecule has 35 heavy (non-hydrogen) atoms. The average Bonchev–Trinajstić information content (AvgIpc) is 2.80. The lowest BCUT2D eigenvalue weighted by molar-refractivity contribution is -0.142. The van der Waals surface area contributed by atoms with E-state index in [1.807, 2.05) is 24.3 Å². The fraction of sp³-hybridized carbons (Fsp3) is 0.406. The molecule has 2 aromatic rings. The Labute approximate surface area is 213 Å². The van der Waals surface area contributed by atoms with Crippen LogP contribution in [0.1, 0.15) is 56.1 Å². The number of hydrogen-bond acceptors (Lipinski definition) is 2. The summed E-state index contributed by atoms with van der Waals surface area (Å²) in [6.45, 7) is 12.1. The van der Waals surface area contributed by atoms with Gasteiger partial charge in [-0.25, -0.2) is 0 Å². The summed E-state index contributed by atoms with van der Waals surface area (Å²) in [5, 5.41) is 0. The molecule has 0 amide bonds. The molecule has 1 atom stereocenters. The fourth-order valence-corrected chi connectivity index (χ4v) is 9.69. The molecule has 0 heterocycles. The number of aryl methyl sites for hydroxylation is 2. The lowest BCUT2D eigenvalue weighted by Crippen LogP contribution is -2.47. The zero-order valence-electron chi connectivity index (χ0n) is 21.1. The van der Waals surface area contributed by atoms with E-state index >= 15 is 0 Å². The highest BCUT2D eigenvalue weighted by molar-refractivity contribution is 8.00. The molecule has 0 saturated heterocycles. The minimum atomic E-state index is -0.309. The van der Waals surface area contributed by atoms with Crippen molar-refractivity contribution in [3.05, 3.63) is 89.9 Å². The van der Waals surface area contributed by atoms with Crippen molar-refractivity contribution in [3.8, 4) is 5.75 Å². The van der Waals surface area contributed by atoms with Crippen LogP contribution < -0.4 is 4.74 Å². The van der Waals surface area contributed by atoms with Gasteiger partial charge in [-0.05, 0) is 111 Å². The van der Waals surface area contributed by atoms with Crippen LogP contribution in [0.4, 0.5) is 0 Å². The van der Waals surface area contributed by atoms with Gasteiger partial charge < -0.3 is 4.74 Å². The van der Waals surface area contributed by atoms with Crippen LogP contribution in [0.2, 0.25) is 0 Å². The van der Waals surface area contributed by atoms with E-state index in [-0.39, 0.29) is 22.3 Å². The van der Waals surface area contributed by atoms with Gasteiger partial charge in [0.2, 0.25) is 0 Å². The van der Waals surface area contributed by atoms with Crippen molar-refractivity contribution >= 4 is 16.9 Å². The molecule has 182 valence electrons. The molecular formula is C32H37O2S+. The van der Waals surface area contributed by atoms with Gasteiger partial charge in [-0.2, -0.15) is 0 Å². The van der Waals surface area contributed by atoms with E-state index in [1.165, 1.54) is 48.3 Å².